The van der Waals surface area contributed by atoms with E-state index >= 15 is 0 Å². The molecule has 1 fully saturated rings. The molecule has 1 unspecified atom stereocenters. The van der Waals surface area contributed by atoms with Gasteiger partial charge in [-0.25, -0.2) is 4.98 Å². The van der Waals surface area contributed by atoms with Crippen LogP contribution < -0.4 is 5.32 Å². The highest BCUT2D eigenvalue weighted by atomic mass is 35.5. The Labute approximate surface area is 176 Å². The molecule has 0 spiro atoms. The molecule has 0 bridgehead atoms. The summed E-state index contributed by atoms with van der Waals surface area (Å²) >= 11 is 6.42. The number of nitrogens with zero attached hydrogens (tertiary/aromatic N) is 3. The molecule has 148 valence electrons. The smallest absolute Gasteiger partial charge is 0.105 e. The lowest BCUT2D eigenvalue weighted by atomic mass is 9.91. The van der Waals surface area contributed by atoms with Gasteiger partial charge < -0.3 is 9.88 Å². The van der Waals surface area contributed by atoms with Crippen molar-refractivity contribution in [3.8, 4) is 0 Å². The minimum atomic E-state index is 0.234. The molecular weight excluding hydrogens is 380 g/mol. The van der Waals surface area contributed by atoms with Gasteiger partial charge in [-0.2, -0.15) is 0 Å². The number of nitrogens with one attached hydrogen (secondary N) is 1. The quantitative estimate of drug-likeness (QED) is 0.702. The number of piperazine rings is 1. The Morgan fingerprint density at radius 3 is 2.72 bits per heavy atom. The fourth-order valence-electron chi connectivity index (χ4n) is 4.60. The van der Waals surface area contributed by atoms with Gasteiger partial charge in [0.15, 0.2) is 0 Å². The van der Waals surface area contributed by atoms with Crippen molar-refractivity contribution in [1.82, 2.24) is 19.8 Å². The summed E-state index contributed by atoms with van der Waals surface area (Å²) in [5.74, 6) is 1.03. The number of halogens is 1. The van der Waals surface area contributed by atoms with Gasteiger partial charge in [0, 0.05) is 50.1 Å². The summed E-state index contributed by atoms with van der Waals surface area (Å²) in [7, 11) is 0. The first-order valence-electron chi connectivity index (χ1n) is 10.2. The van der Waals surface area contributed by atoms with Crippen molar-refractivity contribution >= 4 is 23.3 Å². The average Bonchev–Trinajstić information content (AvgIpc) is 3.09. The lowest BCUT2D eigenvalue weighted by molar-refractivity contribution is 0.198. The summed E-state index contributed by atoms with van der Waals surface area (Å²) in [6.45, 7) is 6.97. The van der Waals surface area contributed by atoms with E-state index in [9.17, 15) is 0 Å². The van der Waals surface area contributed by atoms with Gasteiger partial charge in [-0.05, 0) is 53.0 Å². The molecule has 2 heterocycles. The van der Waals surface area contributed by atoms with Crippen molar-refractivity contribution in [2.45, 2.75) is 19.5 Å². The molecule has 1 aromatic heterocycles. The lowest BCUT2D eigenvalue weighted by Crippen LogP contribution is -2.45. The summed E-state index contributed by atoms with van der Waals surface area (Å²) in [6, 6.07) is 15.4. The maximum atomic E-state index is 6.42. The van der Waals surface area contributed by atoms with Gasteiger partial charge in [-0.3, -0.25) is 4.90 Å². The first-order chi connectivity index (χ1) is 14.2. The molecule has 5 rings (SSSR count). The van der Waals surface area contributed by atoms with Gasteiger partial charge >= 0.3 is 0 Å². The number of benzene rings is 2. The topological polar surface area (TPSA) is 33.1 Å². The molecule has 0 saturated carbocycles. The van der Waals surface area contributed by atoms with Crippen LogP contribution in [0.5, 0.6) is 0 Å². The molecule has 5 heteroatoms. The predicted octanol–water partition coefficient (Wildman–Crippen LogP) is 4.39. The summed E-state index contributed by atoms with van der Waals surface area (Å²) in [4.78, 5) is 7.01. The zero-order chi connectivity index (χ0) is 19.8. The van der Waals surface area contributed by atoms with E-state index in [2.05, 4.69) is 75.4 Å². The standard InChI is InChI=1S/C24H25ClN4/c1-17-27-10-13-29(17)16-19-14-18-15-20(25)6-7-22(18)24(28-11-8-26-9-12-28)23-5-3-2-4-21(19)23/h2-7,10,13-15,24,26H,8-9,11-12,16H2,1H3. The van der Waals surface area contributed by atoms with Crippen LogP contribution in [0.25, 0.3) is 11.6 Å². The van der Waals surface area contributed by atoms with Crippen LogP contribution in [-0.2, 0) is 6.54 Å². The van der Waals surface area contributed by atoms with Crippen molar-refractivity contribution in [2.75, 3.05) is 26.2 Å². The Morgan fingerprint density at radius 2 is 1.93 bits per heavy atom. The van der Waals surface area contributed by atoms with Crippen molar-refractivity contribution in [1.29, 1.82) is 0 Å². The molecule has 2 aliphatic rings. The van der Waals surface area contributed by atoms with E-state index in [-0.39, 0.29) is 6.04 Å². The minimum Gasteiger partial charge on any atom is -0.331 e. The van der Waals surface area contributed by atoms with Gasteiger partial charge in [-0.1, -0.05) is 41.9 Å². The number of imidazole rings is 1. The van der Waals surface area contributed by atoms with Crippen molar-refractivity contribution in [3.05, 3.63) is 88.0 Å². The molecule has 1 N–H and O–H groups in total. The monoisotopic (exact) mass is 404 g/mol. The Bertz CT molecular complexity index is 1060. The van der Waals surface area contributed by atoms with E-state index in [1.165, 1.54) is 27.8 Å². The Morgan fingerprint density at radius 1 is 1.10 bits per heavy atom. The van der Waals surface area contributed by atoms with Gasteiger partial charge in [0.2, 0.25) is 0 Å². The van der Waals surface area contributed by atoms with E-state index in [1.807, 2.05) is 12.3 Å². The molecule has 0 amide bonds. The lowest BCUT2D eigenvalue weighted by Gasteiger charge is -2.36. The Balaban J connectivity index is 1.69. The fraction of sp³-hybridized carbons (Fsp3) is 0.292. The van der Waals surface area contributed by atoms with Crippen LogP contribution in [0.1, 0.15) is 34.1 Å². The van der Waals surface area contributed by atoms with Crippen LogP contribution in [0.4, 0.5) is 0 Å². The van der Waals surface area contributed by atoms with E-state index in [4.69, 9.17) is 11.6 Å². The molecule has 0 radical (unpaired) electrons. The molecule has 29 heavy (non-hydrogen) atoms. The molecular formula is C24H25ClN4. The van der Waals surface area contributed by atoms with Crippen LogP contribution in [0.15, 0.2) is 54.9 Å². The number of hydrogen-bond donors (Lipinski definition) is 1. The van der Waals surface area contributed by atoms with Crippen LogP contribution in [0.3, 0.4) is 0 Å². The number of hydrogen-bond acceptors (Lipinski definition) is 3. The van der Waals surface area contributed by atoms with Gasteiger partial charge in [0.05, 0.1) is 6.04 Å². The minimum absolute atomic E-state index is 0.234. The zero-order valence-electron chi connectivity index (χ0n) is 16.6. The summed E-state index contributed by atoms with van der Waals surface area (Å²) in [6.07, 6.45) is 6.24. The Kier molecular flexibility index (Phi) is 5.00. The number of fused-ring (bicyclic) bond motifs is 2. The maximum absolute atomic E-state index is 6.42. The predicted molar refractivity (Wildman–Crippen MR) is 119 cm³/mol. The summed E-state index contributed by atoms with van der Waals surface area (Å²) in [5.41, 5.74) is 6.53. The third kappa shape index (κ3) is 3.52. The fourth-order valence-corrected chi connectivity index (χ4v) is 4.78. The largest absolute Gasteiger partial charge is 0.331 e. The number of allylic oxidation sites excluding steroid dienone is 1. The average molecular weight is 405 g/mol. The van der Waals surface area contributed by atoms with Gasteiger partial charge in [-0.15, -0.1) is 0 Å². The maximum Gasteiger partial charge on any atom is 0.105 e. The SMILES string of the molecule is Cc1nccn1CC1=Cc2cc(Cl)ccc2C(N2CCNCC2)c2ccccc21. The zero-order valence-corrected chi connectivity index (χ0v) is 17.4. The third-order valence-corrected chi connectivity index (χ3v) is 6.29. The molecule has 1 aliphatic heterocycles. The molecule has 1 aliphatic carbocycles. The van der Waals surface area contributed by atoms with Crippen LogP contribution in [-0.4, -0.2) is 40.6 Å². The van der Waals surface area contributed by atoms with E-state index in [1.54, 1.807) is 0 Å². The molecule has 3 aromatic rings. The van der Waals surface area contributed by atoms with Crippen LogP contribution in [0.2, 0.25) is 5.02 Å². The second-order valence-electron chi connectivity index (χ2n) is 7.82. The van der Waals surface area contributed by atoms with Crippen LogP contribution >= 0.6 is 11.6 Å². The Hall–Kier alpha value is -2.40. The first kappa shape index (κ1) is 18.6. The third-order valence-electron chi connectivity index (χ3n) is 6.06. The number of rotatable bonds is 3. The summed E-state index contributed by atoms with van der Waals surface area (Å²) in [5, 5.41) is 4.27. The second kappa shape index (κ2) is 7.79. The number of aromatic nitrogens is 2. The highest BCUT2D eigenvalue weighted by Gasteiger charge is 2.30. The molecule has 2 aromatic carbocycles. The second-order valence-corrected chi connectivity index (χ2v) is 8.26. The highest BCUT2D eigenvalue weighted by Crippen LogP contribution is 2.41. The van der Waals surface area contributed by atoms with Crippen molar-refractivity contribution in [2.24, 2.45) is 0 Å². The molecule has 1 atom stereocenters. The van der Waals surface area contributed by atoms with E-state index in [0.717, 1.165) is 43.6 Å². The number of aryl methyl sites for hydroxylation is 1. The van der Waals surface area contributed by atoms with Gasteiger partial charge in [0.25, 0.3) is 0 Å². The van der Waals surface area contributed by atoms with Crippen LogP contribution in [0, 0.1) is 6.92 Å². The van der Waals surface area contributed by atoms with E-state index in [0.29, 0.717) is 0 Å². The van der Waals surface area contributed by atoms with Gasteiger partial charge in [0.1, 0.15) is 5.82 Å². The van der Waals surface area contributed by atoms with Crippen molar-refractivity contribution in [3.63, 3.8) is 0 Å². The van der Waals surface area contributed by atoms with E-state index < -0.39 is 0 Å². The first-order valence-corrected chi connectivity index (χ1v) is 10.6. The normalized spacial score (nSPS) is 19.2. The van der Waals surface area contributed by atoms with Crippen molar-refractivity contribution < 1.29 is 0 Å². The molecule has 4 nitrogen and oxygen atoms in total. The molecule has 1 saturated heterocycles. The highest BCUT2D eigenvalue weighted by molar-refractivity contribution is 6.30. The summed E-state index contributed by atoms with van der Waals surface area (Å²) < 4.78 is 2.21.